The highest BCUT2D eigenvalue weighted by atomic mass is 16.4. The molecule has 1 amide bonds. The highest BCUT2D eigenvalue weighted by Crippen LogP contribution is 1.99. The molecule has 6 heteroatoms. The van der Waals surface area contributed by atoms with Gasteiger partial charge in [-0.3, -0.25) is 9.59 Å². The van der Waals surface area contributed by atoms with Crippen molar-refractivity contribution in [1.29, 1.82) is 0 Å². The van der Waals surface area contributed by atoms with E-state index in [1.165, 1.54) is 0 Å². The van der Waals surface area contributed by atoms with E-state index in [9.17, 15) is 9.59 Å². The van der Waals surface area contributed by atoms with E-state index in [0.29, 0.717) is 13.1 Å². The Bertz CT molecular complexity index is 226. The number of rotatable bonds is 3. The lowest BCUT2D eigenvalue weighted by Crippen LogP contribution is -2.52. The first kappa shape index (κ1) is 10.9. The van der Waals surface area contributed by atoms with Crippen LogP contribution in [0.1, 0.15) is 6.42 Å². The molecule has 1 atom stereocenters. The summed E-state index contributed by atoms with van der Waals surface area (Å²) in [5.41, 5.74) is 5.46. The Morgan fingerprint density at radius 2 is 2.00 bits per heavy atom. The molecule has 0 radical (unpaired) electrons. The molecule has 6 nitrogen and oxygen atoms in total. The van der Waals surface area contributed by atoms with Crippen LogP contribution in [0.3, 0.4) is 0 Å². The van der Waals surface area contributed by atoms with Crippen molar-refractivity contribution in [3.63, 3.8) is 0 Å². The number of carboxylic acids is 1. The van der Waals surface area contributed by atoms with Crippen molar-refractivity contribution in [2.45, 2.75) is 12.5 Å². The minimum Gasteiger partial charge on any atom is -0.481 e. The second-order valence-electron chi connectivity index (χ2n) is 3.28. The van der Waals surface area contributed by atoms with Gasteiger partial charge in [-0.2, -0.15) is 0 Å². The Hall–Kier alpha value is -1.14. The lowest BCUT2D eigenvalue weighted by Gasteiger charge is -2.29. The molecule has 0 bridgehead atoms. The summed E-state index contributed by atoms with van der Waals surface area (Å²) in [5.74, 6) is -1.31. The fourth-order valence-electron chi connectivity index (χ4n) is 1.40. The number of piperazine rings is 1. The van der Waals surface area contributed by atoms with Gasteiger partial charge in [-0.05, 0) is 0 Å². The van der Waals surface area contributed by atoms with E-state index in [2.05, 4.69) is 5.32 Å². The fourth-order valence-corrected chi connectivity index (χ4v) is 1.40. The largest absolute Gasteiger partial charge is 0.481 e. The van der Waals surface area contributed by atoms with Crippen LogP contribution in [-0.2, 0) is 9.59 Å². The molecule has 1 aliphatic rings. The standard InChI is InChI=1S/C8H15N3O3/c9-6(5-7(12)13)8(14)11-3-1-10-2-4-11/h6,10H,1-5,9H2,(H,12,13). The summed E-state index contributed by atoms with van der Waals surface area (Å²) in [4.78, 5) is 23.5. The molecule has 1 unspecified atom stereocenters. The third kappa shape index (κ3) is 2.97. The number of hydrogen-bond donors (Lipinski definition) is 3. The van der Waals surface area contributed by atoms with Crippen molar-refractivity contribution in [1.82, 2.24) is 10.2 Å². The van der Waals surface area contributed by atoms with Gasteiger partial charge in [0, 0.05) is 26.2 Å². The predicted octanol–water partition coefficient (Wildman–Crippen LogP) is -1.78. The lowest BCUT2D eigenvalue weighted by molar-refractivity contribution is -0.142. The van der Waals surface area contributed by atoms with Gasteiger partial charge in [-0.25, -0.2) is 0 Å². The number of carbonyl (C=O) groups is 2. The Morgan fingerprint density at radius 1 is 1.43 bits per heavy atom. The number of carboxylic acid groups (broad SMARTS) is 1. The third-order valence-corrected chi connectivity index (χ3v) is 2.14. The van der Waals surface area contributed by atoms with Crippen molar-refractivity contribution < 1.29 is 14.7 Å². The van der Waals surface area contributed by atoms with Crippen LogP contribution in [-0.4, -0.2) is 54.1 Å². The van der Waals surface area contributed by atoms with Crippen molar-refractivity contribution in [3.05, 3.63) is 0 Å². The summed E-state index contributed by atoms with van der Waals surface area (Å²) in [6.07, 6.45) is -0.303. The Morgan fingerprint density at radius 3 is 2.50 bits per heavy atom. The number of aliphatic carboxylic acids is 1. The molecule has 0 aromatic heterocycles. The average Bonchev–Trinajstić information content (AvgIpc) is 2.17. The van der Waals surface area contributed by atoms with Gasteiger partial charge >= 0.3 is 5.97 Å². The number of nitrogens with one attached hydrogen (secondary N) is 1. The van der Waals surface area contributed by atoms with Gasteiger partial charge in [0.2, 0.25) is 5.91 Å². The van der Waals surface area contributed by atoms with Crippen molar-refractivity contribution in [2.24, 2.45) is 5.73 Å². The van der Waals surface area contributed by atoms with E-state index in [-0.39, 0.29) is 12.3 Å². The molecule has 1 heterocycles. The molecule has 0 aromatic rings. The van der Waals surface area contributed by atoms with E-state index in [1.807, 2.05) is 0 Å². The summed E-state index contributed by atoms with van der Waals surface area (Å²) in [7, 11) is 0. The van der Waals surface area contributed by atoms with Crippen LogP contribution in [0.4, 0.5) is 0 Å². The Kier molecular flexibility index (Phi) is 3.84. The Labute approximate surface area is 82.1 Å². The summed E-state index contributed by atoms with van der Waals surface area (Å²) in [6.45, 7) is 2.69. The van der Waals surface area contributed by atoms with Crippen LogP contribution >= 0.6 is 0 Å². The number of nitrogens with two attached hydrogens (primary N) is 1. The molecule has 1 saturated heterocycles. The van der Waals surface area contributed by atoms with Crippen LogP contribution in [0.2, 0.25) is 0 Å². The Balaban J connectivity index is 2.42. The molecule has 4 N–H and O–H groups in total. The molecule has 0 spiro atoms. The molecule has 1 aliphatic heterocycles. The highest BCUT2D eigenvalue weighted by Gasteiger charge is 2.23. The van der Waals surface area contributed by atoms with Crippen molar-refractivity contribution in [3.8, 4) is 0 Å². The molecule has 0 aromatic carbocycles. The van der Waals surface area contributed by atoms with Crippen LogP contribution < -0.4 is 11.1 Å². The van der Waals surface area contributed by atoms with Gasteiger partial charge < -0.3 is 21.1 Å². The third-order valence-electron chi connectivity index (χ3n) is 2.14. The van der Waals surface area contributed by atoms with Crippen LogP contribution in [0, 0.1) is 0 Å². The first-order chi connectivity index (χ1) is 6.61. The minimum absolute atomic E-state index is 0.270. The van der Waals surface area contributed by atoms with Crippen molar-refractivity contribution >= 4 is 11.9 Å². The number of nitrogens with zero attached hydrogens (tertiary/aromatic N) is 1. The maximum atomic E-state index is 11.5. The zero-order valence-corrected chi connectivity index (χ0v) is 7.90. The number of amides is 1. The minimum atomic E-state index is -1.04. The number of hydrogen-bond acceptors (Lipinski definition) is 4. The zero-order chi connectivity index (χ0) is 10.6. The van der Waals surface area contributed by atoms with E-state index < -0.39 is 12.0 Å². The summed E-state index contributed by atoms with van der Waals surface area (Å²) in [5, 5.41) is 11.6. The van der Waals surface area contributed by atoms with Gasteiger partial charge in [-0.1, -0.05) is 0 Å². The smallest absolute Gasteiger partial charge is 0.305 e. The van der Waals surface area contributed by atoms with Crippen LogP contribution in [0.15, 0.2) is 0 Å². The molecule has 14 heavy (non-hydrogen) atoms. The molecule has 80 valence electrons. The van der Waals surface area contributed by atoms with E-state index in [0.717, 1.165) is 13.1 Å². The molecular weight excluding hydrogens is 186 g/mol. The molecule has 1 fully saturated rings. The SMILES string of the molecule is NC(CC(=O)O)C(=O)N1CCNCC1. The van der Waals surface area contributed by atoms with E-state index in [4.69, 9.17) is 10.8 Å². The molecule has 0 aliphatic carbocycles. The van der Waals surface area contributed by atoms with Gasteiger partial charge in [0.1, 0.15) is 0 Å². The van der Waals surface area contributed by atoms with Gasteiger partial charge in [-0.15, -0.1) is 0 Å². The van der Waals surface area contributed by atoms with Crippen molar-refractivity contribution in [2.75, 3.05) is 26.2 Å². The topological polar surface area (TPSA) is 95.7 Å². The lowest BCUT2D eigenvalue weighted by atomic mass is 10.2. The second kappa shape index (κ2) is 4.92. The van der Waals surface area contributed by atoms with Gasteiger partial charge in [0.25, 0.3) is 0 Å². The highest BCUT2D eigenvalue weighted by molar-refractivity contribution is 5.86. The predicted molar refractivity (Wildman–Crippen MR) is 49.7 cm³/mol. The monoisotopic (exact) mass is 201 g/mol. The normalized spacial score (nSPS) is 19.1. The van der Waals surface area contributed by atoms with Crippen LogP contribution in [0.25, 0.3) is 0 Å². The number of carbonyl (C=O) groups excluding carboxylic acids is 1. The van der Waals surface area contributed by atoms with E-state index >= 15 is 0 Å². The summed E-state index contributed by atoms with van der Waals surface area (Å²) in [6, 6.07) is -0.911. The second-order valence-corrected chi connectivity index (χ2v) is 3.28. The molecule has 0 saturated carbocycles. The molecular formula is C8H15N3O3. The maximum Gasteiger partial charge on any atom is 0.305 e. The first-order valence-electron chi connectivity index (χ1n) is 4.58. The summed E-state index contributed by atoms with van der Waals surface area (Å²) >= 11 is 0. The summed E-state index contributed by atoms with van der Waals surface area (Å²) < 4.78 is 0. The quantitative estimate of drug-likeness (QED) is 0.501. The average molecular weight is 201 g/mol. The maximum absolute atomic E-state index is 11.5. The van der Waals surface area contributed by atoms with Crippen LogP contribution in [0.5, 0.6) is 0 Å². The fraction of sp³-hybridized carbons (Fsp3) is 0.750. The van der Waals surface area contributed by atoms with E-state index in [1.54, 1.807) is 4.90 Å². The zero-order valence-electron chi connectivity index (χ0n) is 7.90. The molecule has 1 rings (SSSR count). The van der Waals surface area contributed by atoms with Gasteiger partial charge in [0.15, 0.2) is 0 Å². The van der Waals surface area contributed by atoms with Gasteiger partial charge in [0.05, 0.1) is 12.5 Å². The first-order valence-corrected chi connectivity index (χ1v) is 4.58.